The fourth-order valence-corrected chi connectivity index (χ4v) is 4.57. The quantitative estimate of drug-likeness (QED) is 0.723. The first-order valence-corrected chi connectivity index (χ1v) is 11.0. The molecule has 1 fully saturated rings. The predicted octanol–water partition coefficient (Wildman–Crippen LogP) is 1.46. The normalized spacial score (nSPS) is 16.8. The Kier molecular flexibility index (Phi) is 6.61. The summed E-state index contributed by atoms with van der Waals surface area (Å²) < 4.78 is 31.2. The predicted molar refractivity (Wildman–Crippen MR) is 104 cm³/mol. The van der Waals surface area contributed by atoms with Crippen molar-refractivity contribution < 1.29 is 17.9 Å². The monoisotopic (exact) mass is 409 g/mol. The average Bonchev–Trinajstić information content (AvgIpc) is 3.23. The third kappa shape index (κ3) is 4.94. The molecule has 1 aliphatic rings. The number of sulfonamides is 1. The Morgan fingerprint density at radius 3 is 2.52 bits per heavy atom. The van der Waals surface area contributed by atoms with Crippen LogP contribution in [0.25, 0.3) is 0 Å². The Morgan fingerprint density at radius 1 is 1.22 bits per heavy atom. The zero-order valence-electron chi connectivity index (χ0n) is 15.1. The van der Waals surface area contributed by atoms with Crippen molar-refractivity contribution in [1.82, 2.24) is 14.9 Å². The summed E-state index contributed by atoms with van der Waals surface area (Å²) in [5, 5.41) is 5.01. The molecule has 1 aromatic carbocycles. The van der Waals surface area contributed by atoms with Gasteiger partial charge in [0.05, 0.1) is 24.2 Å². The number of ether oxygens (including phenoxy) is 1. The van der Waals surface area contributed by atoms with Crippen LogP contribution in [0.3, 0.4) is 0 Å². The number of morpholine rings is 1. The van der Waals surface area contributed by atoms with Crippen molar-refractivity contribution in [2.75, 3.05) is 39.9 Å². The second-order valence-electron chi connectivity index (χ2n) is 6.12. The molecule has 0 bridgehead atoms. The van der Waals surface area contributed by atoms with E-state index in [1.165, 1.54) is 36.2 Å². The van der Waals surface area contributed by atoms with Gasteiger partial charge in [0.15, 0.2) is 0 Å². The van der Waals surface area contributed by atoms with Gasteiger partial charge in [-0.1, -0.05) is 6.07 Å². The topological polar surface area (TPSA) is 87.7 Å². The number of nitrogens with zero attached hydrogens (tertiary/aromatic N) is 1. The highest BCUT2D eigenvalue weighted by Gasteiger charge is 2.24. The van der Waals surface area contributed by atoms with Crippen LogP contribution in [0.4, 0.5) is 0 Å². The number of carbonyl (C=O) groups excluding carboxylic acids is 1. The van der Waals surface area contributed by atoms with E-state index in [1.54, 1.807) is 11.3 Å². The summed E-state index contributed by atoms with van der Waals surface area (Å²) in [7, 11) is -2.16. The van der Waals surface area contributed by atoms with Crippen LogP contribution in [0.15, 0.2) is 46.7 Å². The fourth-order valence-electron chi connectivity index (χ4n) is 2.97. The highest BCUT2D eigenvalue weighted by Crippen LogP contribution is 2.25. The Bertz CT molecular complexity index is 845. The summed E-state index contributed by atoms with van der Waals surface area (Å²) in [6.07, 6.45) is 0. The second kappa shape index (κ2) is 8.94. The molecule has 146 valence electrons. The second-order valence-corrected chi connectivity index (χ2v) is 8.99. The van der Waals surface area contributed by atoms with Gasteiger partial charge in [-0.05, 0) is 42.8 Å². The SMILES string of the molecule is CNS(=O)(=O)c1ccc(C(=O)NCC(c2cccs2)N2CCOCC2)cc1. The zero-order chi connectivity index (χ0) is 19.3. The van der Waals surface area contributed by atoms with Crippen molar-refractivity contribution in [2.45, 2.75) is 10.9 Å². The number of nitrogens with one attached hydrogen (secondary N) is 2. The first-order valence-electron chi connectivity index (χ1n) is 8.68. The summed E-state index contributed by atoms with van der Waals surface area (Å²) in [6, 6.07) is 10.1. The van der Waals surface area contributed by atoms with Gasteiger partial charge in [0, 0.05) is 30.1 Å². The van der Waals surface area contributed by atoms with Gasteiger partial charge in [0.2, 0.25) is 10.0 Å². The van der Waals surface area contributed by atoms with E-state index in [9.17, 15) is 13.2 Å². The highest BCUT2D eigenvalue weighted by molar-refractivity contribution is 7.89. The van der Waals surface area contributed by atoms with E-state index >= 15 is 0 Å². The number of hydrogen-bond donors (Lipinski definition) is 2. The first kappa shape index (κ1) is 20.0. The average molecular weight is 410 g/mol. The molecule has 1 saturated heterocycles. The molecule has 1 aromatic heterocycles. The van der Waals surface area contributed by atoms with E-state index in [2.05, 4.69) is 21.0 Å². The van der Waals surface area contributed by atoms with Gasteiger partial charge < -0.3 is 10.1 Å². The summed E-state index contributed by atoms with van der Waals surface area (Å²) in [4.78, 5) is 16.2. The number of benzene rings is 1. The maximum Gasteiger partial charge on any atom is 0.251 e. The Labute approximate surface area is 163 Å². The zero-order valence-corrected chi connectivity index (χ0v) is 16.7. The summed E-state index contributed by atoms with van der Waals surface area (Å²) in [5.74, 6) is -0.224. The van der Waals surface area contributed by atoms with Crippen LogP contribution in [0.5, 0.6) is 0 Å². The number of thiophene rings is 1. The van der Waals surface area contributed by atoms with E-state index in [1.807, 2.05) is 11.4 Å². The van der Waals surface area contributed by atoms with Gasteiger partial charge in [-0.25, -0.2) is 13.1 Å². The molecular formula is C18H23N3O4S2. The Balaban J connectivity index is 1.67. The van der Waals surface area contributed by atoms with Gasteiger partial charge in [-0.3, -0.25) is 9.69 Å². The summed E-state index contributed by atoms with van der Waals surface area (Å²) >= 11 is 1.67. The molecule has 7 nitrogen and oxygen atoms in total. The molecular weight excluding hydrogens is 386 g/mol. The minimum atomic E-state index is -3.51. The van der Waals surface area contributed by atoms with Crippen molar-refractivity contribution >= 4 is 27.3 Å². The molecule has 2 N–H and O–H groups in total. The van der Waals surface area contributed by atoms with Crippen molar-refractivity contribution in [3.63, 3.8) is 0 Å². The van der Waals surface area contributed by atoms with E-state index in [0.29, 0.717) is 25.3 Å². The van der Waals surface area contributed by atoms with Crippen molar-refractivity contribution in [1.29, 1.82) is 0 Å². The molecule has 0 spiro atoms. The van der Waals surface area contributed by atoms with Gasteiger partial charge in [0.1, 0.15) is 0 Å². The van der Waals surface area contributed by atoms with Gasteiger partial charge in [-0.15, -0.1) is 11.3 Å². The lowest BCUT2D eigenvalue weighted by Gasteiger charge is -2.34. The number of amides is 1. The van der Waals surface area contributed by atoms with Crippen LogP contribution in [-0.2, 0) is 14.8 Å². The summed E-state index contributed by atoms with van der Waals surface area (Å²) in [6.45, 7) is 3.52. The molecule has 9 heteroatoms. The minimum absolute atomic E-state index is 0.0989. The van der Waals surface area contributed by atoms with Gasteiger partial charge >= 0.3 is 0 Å². The van der Waals surface area contributed by atoms with E-state index in [4.69, 9.17) is 4.74 Å². The molecule has 27 heavy (non-hydrogen) atoms. The maximum atomic E-state index is 12.5. The molecule has 0 saturated carbocycles. The largest absolute Gasteiger partial charge is 0.379 e. The maximum absolute atomic E-state index is 12.5. The lowest BCUT2D eigenvalue weighted by atomic mass is 10.1. The van der Waals surface area contributed by atoms with Crippen LogP contribution >= 0.6 is 11.3 Å². The Hall–Kier alpha value is -1.78. The van der Waals surface area contributed by atoms with Crippen LogP contribution < -0.4 is 10.0 Å². The fraction of sp³-hybridized carbons (Fsp3) is 0.389. The van der Waals surface area contributed by atoms with Crippen molar-refractivity contribution in [3.05, 3.63) is 52.2 Å². The lowest BCUT2D eigenvalue weighted by molar-refractivity contribution is 0.0169. The van der Waals surface area contributed by atoms with Crippen molar-refractivity contribution in [3.8, 4) is 0 Å². The molecule has 2 aromatic rings. The number of rotatable bonds is 7. The molecule has 3 rings (SSSR count). The molecule has 1 amide bonds. The third-order valence-electron chi connectivity index (χ3n) is 4.51. The third-order valence-corrected chi connectivity index (χ3v) is 6.91. The molecule has 1 aliphatic heterocycles. The van der Waals surface area contributed by atoms with Gasteiger partial charge in [0.25, 0.3) is 5.91 Å². The summed E-state index contributed by atoms with van der Waals surface area (Å²) in [5.41, 5.74) is 0.428. The van der Waals surface area contributed by atoms with Crippen LogP contribution in [0, 0.1) is 0 Å². The van der Waals surface area contributed by atoms with E-state index in [-0.39, 0.29) is 16.8 Å². The Morgan fingerprint density at radius 2 is 1.93 bits per heavy atom. The molecule has 0 radical (unpaired) electrons. The number of carbonyl (C=O) groups is 1. The molecule has 1 atom stereocenters. The lowest BCUT2D eigenvalue weighted by Crippen LogP contribution is -2.43. The van der Waals surface area contributed by atoms with Crippen LogP contribution in [-0.4, -0.2) is 59.1 Å². The van der Waals surface area contributed by atoms with E-state index < -0.39 is 10.0 Å². The molecule has 0 aliphatic carbocycles. The molecule has 2 heterocycles. The smallest absolute Gasteiger partial charge is 0.251 e. The van der Waals surface area contributed by atoms with Crippen molar-refractivity contribution in [2.24, 2.45) is 0 Å². The number of hydrogen-bond acceptors (Lipinski definition) is 6. The highest BCUT2D eigenvalue weighted by atomic mass is 32.2. The first-order chi connectivity index (χ1) is 13.0. The standard InChI is InChI=1S/C18H23N3O4S2/c1-19-27(23,24)15-6-4-14(5-7-15)18(22)20-13-16(17-3-2-12-26-17)21-8-10-25-11-9-21/h2-7,12,16,19H,8-11,13H2,1H3,(H,20,22). The van der Waals surface area contributed by atoms with Crippen LogP contribution in [0.2, 0.25) is 0 Å². The minimum Gasteiger partial charge on any atom is -0.379 e. The molecule has 1 unspecified atom stereocenters. The van der Waals surface area contributed by atoms with Gasteiger partial charge in [-0.2, -0.15) is 0 Å². The van der Waals surface area contributed by atoms with Crippen LogP contribution in [0.1, 0.15) is 21.3 Å². The van der Waals surface area contributed by atoms with E-state index in [0.717, 1.165) is 13.1 Å².